The first-order valence-corrected chi connectivity index (χ1v) is 10.2. The van der Waals surface area contributed by atoms with E-state index >= 15 is 0 Å². The molecule has 0 aromatic heterocycles. The van der Waals surface area contributed by atoms with Crippen molar-refractivity contribution in [3.05, 3.63) is 35.5 Å². The maximum Gasteiger partial charge on any atom is 0.334 e. The van der Waals surface area contributed by atoms with Gasteiger partial charge in [0.1, 0.15) is 18.3 Å². The molecular weight excluding hydrogens is 372 g/mol. The first kappa shape index (κ1) is 21.3. The highest BCUT2D eigenvalue weighted by Gasteiger charge is 2.46. The van der Waals surface area contributed by atoms with Crippen molar-refractivity contribution in [1.82, 2.24) is 0 Å². The Balaban J connectivity index is 1.89. The summed E-state index contributed by atoms with van der Waals surface area (Å²) >= 11 is 0. The van der Waals surface area contributed by atoms with Gasteiger partial charge in [0.05, 0.1) is 12.3 Å². The van der Waals surface area contributed by atoms with Gasteiger partial charge >= 0.3 is 17.9 Å². The van der Waals surface area contributed by atoms with Gasteiger partial charge in [-0.1, -0.05) is 39.8 Å². The number of hydrogen-bond donors (Lipinski definition) is 0. The fraction of sp³-hybridized carbons (Fsp3) is 0.609. The van der Waals surface area contributed by atoms with Crippen LogP contribution in [0.2, 0.25) is 0 Å². The van der Waals surface area contributed by atoms with E-state index in [1.165, 1.54) is 0 Å². The third-order valence-corrected chi connectivity index (χ3v) is 6.41. The van der Waals surface area contributed by atoms with E-state index in [4.69, 9.17) is 14.2 Å². The minimum atomic E-state index is -0.678. The summed E-state index contributed by atoms with van der Waals surface area (Å²) in [6.07, 6.45) is 3.00. The molecule has 6 heteroatoms. The van der Waals surface area contributed by atoms with Crippen LogP contribution < -0.4 is 0 Å². The van der Waals surface area contributed by atoms with Crippen LogP contribution >= 0.6 is 0 Å². The monoisotopic (exact) mass is 402 g/mol. The predicted octanol–water partition coefficient (Wildman–Crippen LogP) is 3.66. The summed E-state index contributed by atoms with van der Waals surface area (Å²) < 4.78 is 16.8. The Labute approximate surface area is 172 Å². The standard InChI is InChI=1S/C23H30O6/c1-12(2)23(5,6)11-19(24)28-17-8-13(3)7-16-9-15(22(26)27-16)10-18-20(17)14(4)21(25)29-18/h8-9,12,16-18,20H,4,7,10-11H2,1-3,5-6H3/b13-8+/t16?,17-,18+,20?/m1/s1. The zero-order valence-corrected chi connectivity index (χ0v) is 17.8. The van der Waals surface area contributed by atoms with Crippen molar-refractivity contribution in [1.29, 1.82) is 0 Å². The molecule has 2 aliphatic heterocycles. The summed E-state index contributed by atoms with van der Waals surface area (Å²) in [7, 11) is 0. The molecule has 3 rings (SSSR count). The zero-order valence-electron chi connectivity index (χ0n) is 17.8. The fourth-order valence-corrected chi connectivity index (χ4v) is 3.88. The molecule has 1 aliphatic carbocycles. The maximum absolute atomic E-state index is 12.8. The van der Waals surface area contributed by atoms with Gasteiger partial charge in [-0.05, 0) is 30.4 Å². The Bertz CT molecular complexity index is 800. The van der Waals surface area contributed by atoms with Crippen molar-refractivity contribution >= 4 is 17.9 Å². The maximum atomic E-state index is 12.8. The summed E-state index contributed by atoms with van der Waals surface area (Å²) in [6.45, 7) is 14.0. The third-order valence-electron chi connectivity index (χ3n) is 6.41. The molecule has 1 fully saturated rings. The Morgan fingerprint density at radius 3 is 2.55 bits per heavy atom. The molecule has 0 radical (unpaired) electrons. The molecule has 3 aliphatic rings. The van der Waals surface area contributed by atoms with Crippen molar-refractivity contribution in [2.45, 2.75) is 72.2 Å². The summed E-state index contributed by atoms with van der Waals surface area (Å²) in [6, 6.07) is 0. The van der Waals surface area contributed by atoms with E-state index in [-0.39, 0.29) is 41.9 Å². The molecule has 0 spiro atoms. The van der Waals surface area contributed by atoms with Gasteiger partial charge in [0.15, 0.2) is 0 Å². The Hall–Kier alpha value is -2.37. The average molecular weight is 402 g/mol. The summed E-state index contributed by atoms with van der Waals surface area (Å²) in [5.74, 6) is -1.45. The summed E-state index contributed by atoms with van der Waals surface area (Å²) in [5, 5.41) is 0. The molecule has 0 aromatic rings. The number of rotatable bonds is 4. The Morgan fingerprint density at radius 1 is 1.21 bits per heavy atom. The molecule has 2 bridgehead atoms. The molecule has 4 atom stereocenters. The Morgan fingerprint density at radius 2 is 1.90 bits per heavy atom. The lowest BCUT2D eigenvalue weighted by Crippen LogP contribution is -2.34. The number of ether oxygens (including phenoxy) is 3. The van der Waals surface area contributed by atoms with E-state index in [1.54, 1.807) is 6.08 Å². The quantitative estimate of drug-likeness (QED) is 0.309. The van der Waals surface area contributed by atoms with E-state index in [9.17, 15) is 14.4 Å². The molecule has 6 nitrogen and oxygen atoms in total. The van der Waals surface area contributed by atoms with Crippen LogP contribution in [0.15, 0.2) is 35.5 Å². The number of carbonyl (C=O) groups excluding carboxylic acids is 3. The van der Waals surface area contributed by atoms with Gasteiger partial charge < -0.3 is 14.2 Å². The minimum Gasteiger partial charge on any atom is -0.458 e. The second-order valence-electron chi connectivity index (χ2n) is 9.33. The predicted molar refractivity (Wildman–Crippen MR) is 107 cm³/mol. The van der Waals surface area contributed by atoms with Crippen molar-refractivity contribution < 1.29 is 28.6 Å². The molecule has 2 unspecified atom stereocenters. The molecule has 2 heterocycles. The first-order valence-electron chi connectivity index (χ1n) is 10.2. The second kappa shape index (κ2) is 7.81. The van der Waals surface area contributed by atoms with Crippen LogP contribution in [-0.4, -0.2) is 36.2 Å². The molecular formula is C23H30O6. The average Bonchev–Trinajstić information content (AvgIpc) is 3.05. The highest BCUT2D eigenvalue weighted by Crippen LogP contribution is 2.39. The van der Waals surface area contributed by atoms with Crippen LogP contribution in [0.4, 0.5) is 0 Å². The van der Waals surface area contributed by atoms with E-state index in [0.717, 1.165) is 5.57 Å². The second-order valence-corrected chi connectivity index (χ2v) is 9.33. The van der Waals surface area contributed by atoms with Crippen LogP contribution in [0, 0.1) is 17.3 Å². The number of carbonyl (C=O) groups is 3. The molecule has 0 N–H and O–H groups in total. The van der Waals surface area contributed by atoms with E-state index in [2.05, 4.69) is 20.4 Å². The summed E-state index contributed by atoms with van der Waals surface area (Å²) in [5.41, 5.74) is 1.46. The van der Waals surface area contributed by atoms with Crippen LogP contribution in [0.1, 0.15) is 53.9 Å². The largest absolute Gasteiger partial charge is 0.458 e. The molecule has 0 amide bonds. The van der Waals surface area contributed by atoms with E-state index < -0.39 is 24.1 Å². The number of hydrogen-bond acceptors (Lipinski definition) is 6. The highest BCUT2D eigenvalue weighted by molar-refractivity contribution is 5.93. The van der Waals surface area contributed by atoms with Crippen LogP contribution in [-0.2, 0) is 28.6 Å². The van der Waals surface area contributed by atoms with Gasteiger partial charge in [-0.25, -0.2) is 9.59 Å². The van der Waals surface area contributed by atoms with E-state index in [0.29, 0.717) is 17.9 Å². The van der Waals surface area contributed by atoms with Crippen LogP contribution in [0.25, 0.3) is 0 Å². The molecule has 0 saturated carbocycles. The third kappa shape index (κ3) is 4.46. The Kier molecular flexibility index (Phi) is 5.74. The SMILES string of the molecule is C=C1C(=O)O[C@H]2CC3=CC(C/C(C)=C/[C@@H](OC(=O)CC(C)(C)C(C)C)C12)OC3=O. The molecule has 1 saturated heterocycles. The molecule has 0 aromatic carbocycles. The number of fused-ring (bicyclic) bond motifs is 2. The zero-order chi connectivity index (χ0) is 21.5. The highest BCUT2D eigenvalue weighted by atomic mass is 16.6. The van der Waals surface area contributed by atoms with Crippen molar-refractivity contribution in [3.8, 4) is 0 Å². The molecule has 158 valence electrons. The van der Waals surface area contributed by atoms with E-state index in [1.807, 2.05) is 26.8 Å². The van der Waals surface area contributed by atoms with Gasteiger partial charge in [-0.2, -0.15) is 0 Å². The van der Waals surface area contributed by atoms with Gasteiger partial charge in [0, 0.05) is 24.0 Å². The molecule has 29 heavy (non-hydrogen) atoms. The van der Waals surface area contributed by atoms with Gasteiger partial charge in [-0.15, -0.1) is 0 Å². The number of esters is 3. The van der Waals surface area contributed by atoms with Crippen LogP contribution in [0.3, 0.4) is 0 Å². The first-order chi connectivity index (χ1) is 13.5. The van der Waals surface area contributed by atoms with Crippen molar-refractivity contribution in [2.75, 3.05) is 0 Å². The van der Waals surface area contributed by atoms with Gasteiger partial charge in [0.2, 0.25) is 0 Å². The lowest BCUT2D eigenvalue weighted by molar-refractivity contribution is -0.153. The summed E-state index contributed by atoms with van der Waals surface area (Å²) in [4.78, 5) is 37.2. The van der Waals surface area contributed by atoms with Crippen molar-refractivity contribution in [3.63, 3.8) is 0 Å². The minimum absolute atomic E-state index is 0.214. The van der Waals surface area contributed by atoms with Crippen LogP contribution in [0.5, 0.6) is 0 Å². The topological polar surface area (TPSA) is 78.9 Å². The fourth-order valence-electron chi connectivity index (χ4n) is 3.88. The van der Waals surface area contributed by atoms with Gasteiger partial charge in [0.25, 0.3) is 0 Å². The normalized spacial score (nSPS) is 31.4. The van der Waals surface area contributed by atoms with Crippen molar-refractivity contribution in [2.24, 2.45) is 17.3 Å². The lowest BCUT2D eigenvalue weighted by atomic mass is 9.78. The smallest absolute Gasteiger partial charge is 0.334 e. The lowest BCUT2D eigenvalue weighted by Gasteiger charge is -2.30. The van der Waals surface area contributed by atoms with Gasteiger partial charge in [-0.3, -0.25) is 4.79 Å².